The SMILES string of the molecule is FC(F)C(F)Oc1ccc(CN2CCNCC2)cc1. The number of rotatable bonds is 5. The van der Waals surface area contributed by atoms with Crippen LogP contribution in [0.5, 0.6) is 5.75 Å². The van der Waals surface area contributed by atoms with Gasteiger partial charge >= 0.3 is 6.43 Å². The van der Waals surface area contributed by atoms with Crippen molar-refractivity contribution in [1.29, 1.82) is 0 Å². The second kappa shape index (κ2) is 6.77. The summed E-state index contributed by atoms with van der Waals surface area (Å²) in [5.41, 5.74) is 1.06. The number of alkyl halides is 3. The first-order valence-electron chi connectivity index (χ1n) is 6.26. The standard InChI is InChI=1S/C13H17F3N2O/c14-12(15)13(16)19-11-3-1-10(2-4-11)9-18-7-5-17-6-8-18/h1-4,12-13,17H,5-9H2. The van der Waals surface area contributed by atoms with Gasteiger partial charge < -0.3 is 10.1 Å². The molecule has 19 heavy (non-hydrogen) atoms. The molecule has 0 amide bonds. The number of hydrogen-bond acceptors (Lipinski definition) is 3. The summed E-state index contributed by atoms with van der Waals surface area (Å²) in [6, 6.07) is 6.59. The monoisotopic (exact) mass is 274 g/mol. The van der Waals surface area contributed by atoms with Crippen LogP contribution in [0.15, 0.2) is 24.3 Å². The topological polar surface area (TPSA) is 24.5 Å². The number of ether oxygens (including phenoxy) is 1. The number of hydrogen-bond donors (Lipinski definition) is 1. The molecule has 1 aliphatic heterocycles. The van der Waals surface area contributed by atoms with E-state index in [9.17, 15) is 13.2 Å². The predicted molar refractivity (Wildman–Crippen MR) is 66.1 cm³/mol. The second-order valence-electron chi connectivity index (χ2n) is 4.47. The third-order valence-corrected chi connectivity index (χ3v) is 2.99. The molecular formula is C13H17F3N2O. The average Bonchev–Trinajstić information content (AvgIpc) is 2.42. The molecular weight excluding hydrogens is 257 g/mol. The number of benzene rings is 1. The highest BCUT2D eigenvalue weighted by atomic mass is 19.3. The van der Waals surface area contributed by atoms with Crippen LogP contribution in [0, 0.1) is 0 Å². The first kappa shape index (κ1) is 14.1. The lowest BCUT2D eigenvalue weighted by molar-refractivity contribution is -0.0669. The van der Waals surface area contributed by atoms with Crippen LogP contribution in [0.2, 0.25) is 0 Å². The average molecular weight is 274 g/mol. The van der Waals surface area contributed by atoms with E-state index in [0.29, 0.717) is 0 Å². The van der Waals surface area contributed by atoms with Crippen molar-refractivity contribution in [3.05, 3.63) is 29.8 Å². The predicted octanol–water partition coefficient (Wildman–Crippen LogP) is 2.03. The van der Waals surface area contributed by atoms with Gasteiger partial charge in [0.1, 0.15) is 5.75 Å². The summed E-state index contributed by atoms with van der Waals surface area (Å²) >= 11 is 0. The van der Waals surface area contributed by atoms with E-state index in [1.165, 1.54) is 12.1 Å². The Labute approximate surface area is 110 Å². The lowest BCUT2D eigenvalue weighted by Gasteiger charge is -2.27. The van der Waals surface area contributed by atoms with Crippen molar-refractivity contribution in [3.63, 3.8) is 0 Å². The molecule has 0 aliphatic carbocycles. The normalized spacial score (nSPS) is 18.5. The molecule has 1 aromatic rings. The molecule has 6 heteroatoms. The maximum Gasteiger partial charge on any atom is 0.304 e. The first-order chi connectivity index (χ1) is 9.15. The van der Waals surface area contributed by atoms with E-state index >= 15 is 0 Å². The second-order valence-corrected chi connectivity index (χ2v) is 4.47. The van der Waals surface area contributed by atoms with Crippen LogP contribution in [-0.2, 0) is 6.54 Å². The molecule has 1 heterocycles. The van der Waals surface area contributed by atoms with Crippen molar-refractivity contribution >= 4 is 0 Å². The van der Waals surface area contributed by atoms with Gasteiger partial charge in [0.25, 0.3) is 6.36 Å². The molecule has 106 valence electrons. The fraction of sp³-hybridized carbons (Fsp3) is 0.538. The minimum absolute atomic E-state index is 0.122. The van der Waals surface area contributed by atoms with E-state index in [4.69, 9.17) is 0 Å². The molecule has 2 rings (SSSR count). The van der Waals surface area contributed by atoms with E-state index in [-0.39, 0.29) is 5.75 Å². The number of nitrogens with zero attached hydrogens (tertiary/aromatic N) is 1. The molecule has 0 radical (unpaired) electrons. The highest BCUT2D eigenvalue weighted by Crippen LogP contribution is 2.18. The van der Waals surface area contributed by atoms with Gasteiger partial charge in [-0.3, -0.25) is 4.90 Å². The van der Waals surface area contributed by atoms with Gasteiger partial charge in [0.05, 0.1) is 0 Å². The molecule has 0 bridgehead atoms. The minimum atomic E-state index is -3.12. The molecule has 1 N–H and O–H groups in total. The molecule has 1 fully saturated rings. The summed E-state index contributed by atoms with van der Waals surface area (Å²) < 4.78 is 41.2. The third kappa shape index (κ3) is 4.40. The Morgan fingerprint density at radius 2 is 1.74 bits per heavy atom. The number of nitrogens with one attached hydrogen (secondary N) is 1. The maximum absolute atomic E-state index is 12.7. The van der Waals surface area contributed by atoms with Gasteiger partial charge in [0.15, 0.2) is 0 Å². The quantitative estimate of drug-likeness (QED) is 0.889. The van der Waals surface area contributed by atoms with E-state index in [1.807, 2.05) is 0 Å². The van der Waals surface area contributed by atoms with Crippen LogP contribution in [-0.4, -0.2) is 43.9 Å². The van der Waals surface area contributed by atoms with E-state index in [2.05, 4.69) is 15.0 Å². The van der Waals surface area contributed by atoms with Crippen LogP contribution >= 0.6 is 0 Å². The molecule has 0 spiro atoms. The smallest absolute Gasteiger partial charge is 0.304 e. The summed E-state index contributed by atoms with van der Waals surface area (Å²) in [7, 11) is 0. The largest absolute Gasteiger partial charge is 0.454 e. The van der Waals surface area contributed by atoms with Crippen molar-refractivity contribution in [1.82, 2.24) is 10.2 Å². The third-order valence-electron chi connectivity index (χ3n) is 2.99. The van der Waals surface area contributed by atoms with Gasteiger partial charge in [0, 0.05) is 32.7 Å². The van der Waals surface area contributed by atoms with Crippen LogP contribution in [0.3, 0.4) is 0 Å². The van der Waals surface area contributed by atoms with E-state index in [1.54, 1.807) is 12.1 Å². The molecule has 1 atom stereocenters. The van der Waals surface area contributed by atoms with Crippen LogP contribution in [0.4, 0.5) is 13.2 Å². The van der Waals surface area contributed by atoms with Gasteiger partial charge in [-0.05, 0) is 17.7 Å². The Morgan fingerprint density at radius 1 is 1.11 bits per heavy atom. The lowest BCUT2D eigenvalue weighted by Crippen LogP contribution is -2.42. The van der Waals surface area contributed by atoms with Gasteiger partial charge in [-0.15, -0.1) is 0 Å². The van der Waals surface area contributed by atoms with Crippen LogP contribution < -0.4 is 10.1 Å². The van der Waals surface area contributed by atoms with E-state index in [0.717, 1.165) is 38.3 Å². The summed E-state index contributed by atoms with van der Waals surface area (Å²) in [5.74, 6) is 0.122. The van der Waals surface area contributed by atoms with Gasteiger partial charge in [0.2, 0.25) is 0 Å². The Bertz CT molecular complexity index is 380. The van der Waals surface area contributed by atoms with Crippen molar-refractivity contribution in [2.45, 2.75) is 19.3 Å². The Kier molecular flexibility index (Phi) is 5.04. The van der Waals surface area contributed by atoms with Gasteiger partial charge in [-0.1, -0.05) is 12.1 Å². The maximum atomic E-state index is 12.7. The summed E-state index contributed by atoms with van der Waals surface area (Å²) in [6.07, 6.45) is -5.69. The fourth-order valence-electron chi connectivity index (χ4n) is 1.98. The molecule has 0 saturated carbocycles. The summed E-state index contributed by atoms with van der Waals surface area (Å²) in [5, 5.41) is 3.27. The highest BCUT2D eigenvalue weighted by molar-refractivity contribution is 5.27. The molecule has 3 nitrogen and oxygen atoms in total. The van der Waals surface area contributed by atoms with E-state index < -0.39 is 12.8 Å². The minimum Gasteiger partial charge on any atom is -0.454 e. The van der Waals surface area contributed by atoms with Crippen molar-refractivity contribution in [2.24, 2.45) is 0 Å². The number of halogens is 3. The van der Waals surface area contributed by atoms with Crippen molar-refractivity contribution < 1.29 is 17.9 Å². The molecule has 1 aliphatic rings. The summed E-state index contributed by atoms with van der Waals surface area (Å²) in [4.78, 5) is 2.30. The van der Waals surface area contributed by atoms with Crippen LogP contribution in [0.25, 0.3) is 0 Å². The Balaban J connectivity index is 1.87. The Morgan fingerprint density at radius 3 is 2.32 bits per heavy atom. The number of piperazine rings is 1. The van der Waals surface area contributed by atoms with Crippen molar-refractivity contribution in [2.75, 3.05) is 26.2 Å². The van der Waals surface area contributed by atoms with Gasteiger partial charge in [-0.25, -0.2) is 8.78 Å². The van der Waals surface area contributed by atoms with Crippen LogP contribution in [0.1, 0.15) is 5.56 Å². The first-order valence-corrected chi connectivity index (χ1v) is 6.26. The zero-order valence-corrected chi connectivity index (χ0v) is 10.5. The van der Waals surface area contributed by atoms with Crippen molar-refractivity contribution in [3.8, 4) is 5.75 Å². The highest BCUT2D eigenvalue weighted by Gasteiger charge is 2.20. The molecule has 1 unspecified atom stereocenters. The fourth-order valence-corrected chi connectivity index (χ4v) is 1.98. The zero-order chi connectivity index (χ0) is 13.7. The van der Waals surface area contributed by atoms with Gasteiger partial charge in [-0.2, -0.15) is 4.39 Å². The Hall–Kier alpha value is -1.27. The molecule has 1 aromatic carbocycles. The molecule has 1 saturated heterocycles. The summed E-state index contributed by atoms with van der Waals surface area (Å²) in [6.45, 7) is 4.71. The zero-order valence-electron chi connectivity index (χ0n) is 10.5. The molecule has 0 aromatic heterocycles. The lowest BCUT2D eigenvalue weighted by atomic mass is 10.2.